The Hall–Kier alpha value is -2.30. The van der Waals surface area contributed by atoms with Gasteiger partial charge < -0.3 is 4.57 Å². The van der Waals surface area contributed by atoms with E-state index in [0.29, 0.717) is 0 Å². The van der Waals surface area contributed by atoms with Crippen molar-refractivity contribution in [2.45, 2.75) is 20.8 Å². The normalized spacial score (nSPS) is 10.9. The third kappa shape index (κ3) is 2.92. The molecule has 0 aliphatic rings. The molecule has 0 aliphatic carbocycles. The quantitative estimate of drug-likeness (QED) is 0.389. The molecular formula is C19H18IrN5-. The molecule has 2 aromatic heterocycles. The van der Waals surface area contributed by atoms with Crippen molar-refractivity contribution in [1.82, 2.24) is 24.3 Å². The van der Waals surface area contributed by atoms with E-state index in [4.69, 9.17) is 0 Å². The molecule has 0 aliphatic heterocycles. The van der Waals surface area contributed by atoms with Crippen LogP contribution >= 0.6 is 0 Å². The summed E-state index contributed by atoms with van der Waals surface area (Å²) in [5, 5.41) is 4.46. The van der Waals surface area contributed by atoms with Crippen molar-refractivity contribution in [3.63, 3.8) is 0 Å². The molecule has 0 saturated heterocycles. The van der Waals surface area contributed by atoms with Gasteiger partial charge in [0.2, 0.25) is 0 Å². The standard InChI is InChI=1S/C19H18N5.Ir/c1-12-7-13(2)18(14(3)8-12)24-19(20-10-22-24)15-5-6-17-16(9-15)21-11-23(17)4;/h6-11H,1-4H3;/q-1;. The molecular weight excluding hydrogens is 490 g/mol. The van der Waals surface area contributed by atoms with Crippen LogP contribution in [-0.4, -0.2) is 24.3 Å². The van der Waals surface area contributed by atoms with Crippen molar-refractivity contribution in [2.75, 3.05) is 0 Å². The van der Waals surface area contributed by atoms with Crippen LogP contribution in [0.25, 0.3) is 28.1 Å². The Morgan fingerprint density at radius 3 is 2.44 bits per heavy atom. The van der Waals surface area contributed by atoms with Gasteiger partial charge in [-0.3, -0.25) is 14.6 Å². The first kappa shape index (κ1) is 17.5. The average molecular weight is 509 g/mol. The van der Waals surface area contributed by atoms with Gasteiger partial charge in [0, 0.05) is 32.7 Å². The minimum absolute atomic E-state index is 0. The fourth-order valence-electron chi connectivity index (χ4n) is 3.29. The van der Waals surface area contributed by atoms with Crippen LogP contribution in [0, 0.1) is 26.8 Å². The summed E-state index contributed by atoms with van der Waals surface area (Å²) in [6.45, 7) is 6.31. The van der Waals surface area contributed by atoms with Crippen molar-refractivity contribution in [2.24, 2.45) is 7.05 Å². The summed E-state index contributed by atoms with van der Waals surface area (Å²) >= 11 is 0. The number of benzene rings is 2. The zero-order valence-corrected chi connectivity index (χ0v) is 16.9. The van der Waals surface area contributed by atoms with E-state index in [1.54, 1.807) is 12.7 Å². The largest absolute Gasteiger partial charge is 0.373 e. The molecule has 0 atom stereocenters. The van der Waals surface area contributed by atoms with Crippen LogP contribution in [0.15, 0.2) is 36.9 Å². The molecule has 25 heavy (non-hydrogen) atoms. The molecule has 0 unspecified atom stereocenters. The van der Waals surface area contributed by atoms with E-state index in [9.17, 15) is 0 Å². The van der Waals surface area contributed by atoms with E-state index < -0.39 is 0 Å². The first-order chi connectivity index (χ1) is 11.5. The summed E-state index contributed by atoms with van der Waals surface area (Å²) in [6, 6.07) is 11.6. The van der Waals surface area contributed by atoms with Crippen molar-refractivity contribution in [3.8, 4) is 17.1 Å². The first-order valence-corrected chi connectivity index (χ1v) is 7.86. The molecule has 4 rings (SSSR count). The van der Waals surface area contributed by atoms with Crippen molar-refractivity contribution in [1.29, 1.82) is 0 Å². The number of fused-ring (bicyclic) bond motifs is 1. The van der Waals surface area contributed by atoms with Crippen LogP contribution in [0.5, 0.6) is 0 Å². The summed E-state index contributed by atoms with van der Waals surface area (Å²) in [7, 11) is 1.98. The number of aryl methyl sites for hydroxylation is 4. The maximum absolute atomic E-state index is 4.47. The SMILES string of the molecule is Cc1cc(C)c(-n2ncnc2-c2[c-]cc3c(c2)ncn3C)c(C)c1.[Ir]. The van der Waals surface area contributed by atoms with Crippen molar-refractivity contribution < 1.29 is 20.1 Å². The Bertz CT molecular complexity index is 1040. The van der Waals surface area contributed by atoms with E-state index in [0.717, 1.165) is 28.1 Å². The minimum atomic E-state index is 0. The molecule has 0 amide bonds. The van der Waals surface area contributed by atoms with Crippen molar-refractivity contribution >= 4 is 11.0 Å². The van der Waals surface area contributed by atoms with Gasteiger partial charge in [-0.25, -0.2) is 0 Å². The van der Waals surface area contributed by atoms with Crippen LogP contribution in [-0.2, 0) is 27.2 Å². The summed E-state index contributed by atoms with van der Waals surface area (Å²) < 4.78 is 3.87. The zero-order valence-electron chi connectivity index (χ0n) is 14.5. The number of aromatic nitrogens is 5. The minimum Gasteiger partial charge on any atom is -0.373 e. The molecule has 6 heteroatoms. The van der Waals surface area contributed by atoms with Crippen LogP contribution in [0.1, 0.15) is 16.7 Å². The Balaban J connectivity index is 0.00000182. The Morgan fingerprint density at radius 2 is 1.72 bits per heavy atom. The van der Waals surface area contributed by atoms with Gasteiger partial charge in [0.1, 0.15) is 6.33 Å². The molecule has 0 spiro atoms. The summed E-state index contributed by atoms with van der Waals surface area (Å²) in [5.41, 5.74) is 7.54. The fraction of sp³-hybridized carbons (Fsp3) is 0.211. The number of nitrogens with zero attached hydrogens (tertiary/aromatic N) is 5. The number of imidazole rings is 1. The van der Waals surface area contributed by atoms with Crippen LogP contribution in [0.2, 0.25) is 0 Å². The number of rotatable bonds is 2. The molecule has 0 bridgehead atoms. The molecule has 0 fully saturated rings. The topological polar surface area (TPSA) is 48.5 Å². The van der Waals surface area contributed by atoms with Crippen LogP contribution in [0.4, 0.5) is 0 Å². The predicted octanol–water partition coefficient (Wildman–Crippen LogP) is 3.54. The van der Waals surface area contributed by atoms with Gasteiger partial charge >= 0.3 is 0 Å². The van der Waals surface area contributed by atoms with Gasteiger partial charge in [0.25, 0.3) is 0 Å². The molecule has 0 saturated carbocycles. The summed E-state index contributed by atoms with van der Waals surface area (Å²) in [5.74, 6) is 0.776. The fourth-order valence-corrected chi connectivity index (χ4v) is 3.29. The van der Waals surface area contributed by atoms with E-state index in [1.165, 1.54) is 16.7 Å². The second kappa shape index (κ2) is 6.54. The average Bonchev–Trinajstić information content (AvgIpc) is 3.13. The second-order valence-corrected chi connectivity index (χ2v) is 6.22. The Kier molecular flexibility index (Phi) is 4.58. The smallest absolute Gasteiger partial charge is 0.127 e. The summed E-state index contributed by atoms with van der Waals surface area (Å²) in [6.07, 6.45) is 3.39. The van der Waals surface area contributed by atoms with Crippen molar-refractivity contribution in [3.05, 3.63) is 59.7 Å². The Morgan fingerprint density at radius 1 is 1.00 bits per heavy atom. The third-order valence-corrected chi connectivity index (χ3v) is 4.29. The second-order valence-electron chi connectivity index (χ2n) is 6.22. The molecule has 5 nitrogen and oxygen atoms in total. The van der Waals surface area contributed by atoms with E-state index >= 15 is 0 Å². The molecule has 2 heterocycles. The van der Waals surface area contributed by atoms with E-state index in [1.807, 2.05) is 28.4 Å². The Labute approximate surface area is 160 Å². The van der Waals surface area contributed by atoms with Gasteiger partial charge in [0.15, 0.2) is 0 Å². The molecule has 2 aromatic carbocycles. The number of hydrogen-bond acceptors (Lipinski definition) is 3. The van der Waals surface area contributed by atoms with Gasteiger partial charge in [-0.15, -0.1) is 23.8 Å². The third-order valence-electron chi connectivity index (χ3n) is 4.29. The van der Waals surface area contributed by atoms with E-state index in [-0.39, 0.29) is 20.1 Å². The molecule has 1 radical (unpaired) electrons. The first-order valence-electron chi connectivity index (χ1n) is 7.86. The predicted molar refractivity (Wildman–Crippen MR) is 94.1 cm³/mol. The molecule has 4 aromatic rings. The van der Waals surface area contributed by atoms with Gasteiger partial charge in [-0.05, 0) is 37.4 Å². The summed E-state index contributed by atoms with van der Waals surface area (Å²) in [4.78, 5) is 8.89. The van der Waals surface area contributed by atoms with Crippen LogP contribution in [0.3, 0.4) is 0 Å². The molecule has 129 valence electrons. The van der Waals surface area contributed by atoms with Gasteiger partial charge in [-0.1, -0.05) is 17.7 Å². The molecule has 0 N–H and O–H groups in total. The van der Waals surface area contributed by atoms with Crippen LogP contribution < -0.4 is 0 Å². The van der Waals surface area contributed by atoms with E-state index in [2.05, 4.69) is 54.0 Å². The zero-order chi connectivity index (χ0) is 16.8. The number of hydrogen-bond donors (Lipinski definition) is 0. The maximum atomic E-state index is 4.47. The van der Waals surface area contributed by atoms with Gasteiger partial charge in [0.05, 0.1) is 17.8 Å². The maximum Gasteiger partial charge on any atom is 0.127 e. The monoisotopic (exact) mass is 509 g/mol. The van der Waals surface area contributed by atoms with Gasteiger partial charge in [-0.2, -0.15) is 5.10 Å².